The van der Waals surface area contributed by atoms with Crippen molar-refractivity contribution in [1.29, 1.82) is 0 Å². The van der Waals surface area contributed by atoms with Crippen LogP contribution in [-0.2, 0) is 0 Å². The monoisotopic (exact) mass is 355 g/mol. The fraction of sp³-hybridized carbons (Fsp3) is 0.0714. The molecule has 0 fully saturated rings. The predicted molar refractivity (Wildman–Crippen MR) is 86.3 cm³/mol. The molecule has 2 rings (SSSR count). The zero-order valence-electron chi connectivity index (χ0n) is 10.1. The molecular weight excluding hydrogens is 346 g/mol. The van der Waals surface area contributed by atoms with Gasteiger partial charge in [0.1, 0.15) is 16.5 Å². The van der Waals surface area contributed by atoms with Gasteiger partial charge in [0.25, 0.3) is 0 Å². The lowest BCUT2D eigenvalue weighted by Gasteiger charge is -2.11. The summed E-state index contributed by atoms with van der Waals surface area (Å²) in [5.74, 6) is 1.32. The number of ether oxygens (including phenoxy) is 1. The summed E-state index contributed by atoms with van der Waals surface area (Å²) in [5, 5.41) is 0.571. The molecule has 0 aliphatic heterocycles. The predicted octanol–water partition coefficient (Wildman–Crippen LogP) is 4.84. The molecule has 2 nitrogen and oxygen atoms in total. The standard InChI is InChI=1S/C14H11BrClNOS/c1-8-6-10(3-4-12(8)15)18-13-5-2-9(16)7-11(13)14(17)19/h2-7H,1H3,(H2,17,19). The molecule has 0 aliphatic rings. The van der Waals surface area contributed by atoms with Crippen LogP contribution in [0.15, 0.2) is 40.9 Å². The van der Waals surface area contributed by atoms with Crippen molar-refractivity contribution in [1.82, 2.24) is 0 Å². The summed E-state index contributed by atoms with van der Waals surface area (Å²) in [6.07, 6.45) is 0. The highest BCUT2D eigenvalue weighted by atomic mass is 79.9. The summed E-state index contributed by atoms with van der Waals surface area (Å²) in [7, 11) is 0. The number of nitrogens with two attached hydrogens (primary N) is 1. The normalized spacial score (nSPS) is 10.3. The molecule has 0 spiro atoms. The maximum absolute atomic E-state index is 5.93. The summed E-state index contributed by atoms with van der Waals surface area (Å²) in [6, 6.07) is 10.9. The topological polar surface area (TPSA) is 35.2 Å². The number of hydrogen-bond donors (Lipinski definition) is 1. The van der Waals surface area contributed by atoms with Gasteiger partial charge < -0.3 is 10.5 Å². The Morgan fingerprint density at radius 3 is 2.63 bits per heavy atom. The molecule has 0 aliphatic carbocycles. The van der Waals surface area contributed by atoms with Crippen LogP contribution >= 0.6 is 39.7 Å². The Kier molecular flexibility index (Phi) is 4.45. The molecule has 0 atom stereocenters. The van der Waals surface area contributed by atoms with Gasteiger partial charge in [0.2, 0.25) is 0 Å². The minimum Gasteiger partial charge on any atom is -0.457 e. The quantitative estimate of drug-likeness (QED) is 0.799. The molecule has 0 radical (unpaired) electrons. The van der Waals surface area contributed by atoms with Crippen LogP contribution in [0.1, 0.15) is 11.1 Å². The number of benzene rings is 2. The molecule has 0 aromatic heterocycles. The van der Waals surface area contributed by atoms with E-state index in [1.165, 1.54) is 0 Å². The minimum absolute atomic E-state index is 0.256. The first-order valence-corrected chi connectivity index (χ1v) is 7.08. The molecule has 2 aromatic rings. The molecule has 0 bridgehead atoms. The lowest BCUT2D eigenvalue weighted by atomic mass is 10.2. The van der Waals surface area contributed by atoms with Gasteiger partial charge in [-0.05, 0) is 48.9 Å². The Bertz CT molecular complexity index is 645. The van der Waals surface area contributed by atoms with Crippen molar-refractivity contribution in [2.24, 2.45) is 5.73 Å². The van der Waals surface area contributed by atoms with Crippen molar-refractivity contribution in [3.63, 3.8) is 0 Å². The first kappa shape index (κ1) is 14.3. The molecule has 2 N–H and O–H groups in total. The van der Waals surface area contributed by atoms with E-state index in [1.807, 2.05) is 25.1 Å². The third kappa shape index (κ3) is 3.47. The molecule has 0 saturated heterocycles. The summed E-state index contributed by atoms with van der Waals surface area (Å²) >= 11 is 14.4. The van der Waals surface area contributed by atoms with Crippen molar-refractivity contribution in [3.05, 3.63) is 57.0 Å². The summed E-state index contributed by atoms with van der Waals surface area (Å²) in [6.45, 7) is 1.99. The summed E-state index contributed by atoms with van der Waals surface area (Å²) < 4.78 is 6.85. The van der Waals surface area contributed by atoms with Gasteiger partial charge in [-0.25, -0.2) is 0 Å². The average Bonchev–Trinajstić information content (AvgIpc) is 2.36. The lowest BCUT2D eigenvalue weighted by molar-refractivity contribution is 0.481. The highest BCUT2D eigenvalue weighted by Crippen LogP contribution is 2.30. The maximum atomic E-state index is 5.93. The largest absolute Gasteiger partial charge is 0.457 e. The first-order chi connectivity index (χ1) is 8.97. The van der Waals surface area contributed by atoms with Crippen molar-refractivity contribution in [3.8, 4) is 11.5 Å². The van der Waals surface area contributed by atoms with Crippen LogP contribution in [0, 0.1) is 6.92 Å². The van der Waals surface area contributed by atoms with Gasteiger partial charge in [-0.15, -0.1) is 0 Å². The minimum atomic E-state index is 0.256. The summed E-state index contributed by atoms with van der Waals surface area (Å²) in [5.41, 5.74) is 7.39. The third-order valence-corrected chi connectivity index (χ3v) is 3.91. The zero-order chi connectivity index (χ0) is 14.0. The van der Waals surface area contributed by atoms with Crippen LogP contribution in [0.25, 0.3) is 0 Å². The number of thiocarbonyl (C=S) groups is 1. The Morgan fingerprint density at radius 2 is 2.00 bits per heavy atom. The first-order valence-electron chi connectivity index (χ1n) is 5.51. The van der Waals surface area contributed by atoms with Crippen LogP contribution < -0.4 is 10.5 Å². The number of rotatable bonds is 3. The molecule has 0 saturated carbocycles. The fourth-order valence-corrected chi connectivity index (χ4v) is 2.17. The molecule has 98 valence electrons. The van der Waals surface area contributed by atoms with Gasteiger partial charge in [-0.1, -0.05) is 39.7 Å². The molecule has 19 heavy (non-hydrogen) atoms. The molecule has 2 aromatic carbocycles. The molecule has 0 heterocycles. The maximum Gasteiger partial charge on any atom is 0.137 e. The second-order valence-electron chi connectivity index (χ2n) is 4.02. The van der Waals surface area contributed by atoms with Crippen molar-refractivity contribution in [2.45, 2.75) is 6.92 Å². The Balaban J connectivity index is 2.37. The smallest absolute Gasteiger partial charge is 0.137 e. The number of halogens is 2. The van der Waals surface area contributed by atoms with Crippen molar-refractivity contribution >= 4 is 44.7 Å². The van der Waals surface area contributed by atoms with E-state index in [9.17, 15) is 0 Å². The highest BCUT2D eigenvalue weighted by molar-refractivity contribution is 9.10. The van der Waals surface area contributed by atoms with Crippen molar-refractivity contribution < 1.29 is 4.74 Å². The second kappa shape index (κ2) is 5.90. The lowest BCUT2D eigenvalue weighted by Crippen LogP contribution is -2.10. The van der Waals surface area contributed by atoms with E-state index in [2.05, 4.69) is 15.9 Å². The molecule has 0 amide bonds. The fourth-order valence-electron chi connectivity index (χ4n) is 1.59. The molecule has 5 heteroatoms. The average molecular weight is 357 g/mol. The van der Waals surface area contributed by atoms with E-state index in [-0.39, 0.29) is 4.99 Å². The van der Waals surface area contributed by atoms with Gasteiger partial charge in [-0.3, -0.25) is 0 Å². The van der Waals surface area contributed by atoms with Gasteiger partial charge in [0.05, 0.1) is 5.56 Å². The summed E-state index contributed by atoms with van der Waals surface area (Å²) in [4.78, 5) is 0.256. The van der Waals surface area contributed by atoms with Crippen LogP contribution in [0.4, 0.5) is 0 Å². The third-order valence-electron chi connectivity index (χ3n) is 2.56. The van der Waals surface area contributed by atoms with Gasteiger partial charge in [0.15, 0.2) is 0 Å². The zero-order valence-corrected chi connectivity index (χ0v) is 13.3. The van der Waals surface area contributed by atoms with Crippen LogP contribution in [0.2, 0.25) is 5.02 Å². The number of hydrogen-bond acceptors (Lipinski definition) is 2. The van der Waals surface area contributed by atoms with Gasteiger partial charge in [0, 0.05) is 9.50 Å². The van der Waals surface area contributed by atoms with Gasteiger partial charge >= 0.3 is 0 Å². The second-order valence-corrected chi connectivity index (χ2v) is 5.75. The van der Waals surface area contributed by atoms with Crippen LogP contribution in [-0.4, -0.2) is 4.99 Å². The van der Waals surface area contributed by atoms with Crippen LogP contribution in [0.5, 0.6) is 11.5 Å². The molecule has 0 unspecified atom stereocenters. The van der Waals surface area contributed by atoms with E-state index >= 15 is 0 Å². The highest BCUT2D eigenvalue weighted by Gasteiger charge is 2.09. The van der Waals surface area contributed by atoms with Crippen molar-refractivity contribution in [2.75, 3.05) is 0 Å². The van der Waals surface area contributed by atoms with E-state index in [0.29, 0.717) is 16.3 Å². The van der Waals surface area contributed by atoms with Gasteiger partial charge in [-0.2, -0.15) is 0 Å². The molecular formula is C14H11BrClNOS. The Morgan fingerprint density at radius 1 is 1.26 bits per heavy atom. The van der Waals surface area contributed by atoms with E-state index < -0.39 is 0 Å². The van der Waals surface area contributed by atoms with E-state index in [1.54, 1.807) is 18.2 Å². The number of aryl methyl sites for hydroxylation is 1. The Labute approximate surface area is 130 Å². The van der Waals surface area contributed by atoms with Crippen LogP contribution in [0.3, 0.4) is 0 Å². The SMILES string of the molecule is Cc1cc(Oc2ccc(Cl)cc2C(N)=S)ccc1Br. The Hall–Kier alpha value is -1.10. The van der Waals surface area contributed by atoms with E-state index in [4.69, 9.17) is 34.3 Å². The van der Waals surface area contributed by atoms with E-state index in [0.717, 1.165) is 15.8 Å².